The van der Waals surface area contributed by atoms with E-state index in [0.29, 0.717) is 16.1 Å². The first-order chi connectivity index (χ1) is 13.5. The average molecular weight is 438 g/mol. The molecule has 1 atom stereocenters. The number of nitrogens with one attached hydrogen (secondary N) is 1. The van der Waals surface area contributed by atoms with Crippen LogP contribution in [0.15, 0.2) is 42.5 Å². The smallest absolute Gasteiger partial charge is 0.302 e. The fraction of sp³-hybridized carbons (Fsp3) is 0.318. The summed E-state index contributed by atoms with van der Waals surface area (Å²) in [5.41, 5.74) is -3.19. The Morgan fingerprint density at radius 3 is 2.38 bits per heavy atom. The highest BCUT2D eigenvalue weighted by molar-refractivity contribution is 7.80. The largest absolute Gasteiger partial charge is 0.363 e. The molecule has 3 rings (SSSR count). The van der Waals surface area contributed by atoms with Crippen LogP contribution in [0.1, 0.15) is 37.5 Å². The molecule has 0 aromatic heterocycles. The van der Waals surface area contributed by atoms with Crippen molar-refractivity contribution in [2.24, 2.45) is 0 Å². The van der Waals surface area contributed by atoms with Gasteiger partial charge in [-0.1, -0.05) is 41.7 Å². The van der Waals surface area contributed by atoms with Crippen LogP contribution in [-0.4, -0.2) is 23.1 Å². The van der Waals surface area contributed by atoms with Gasteiger partial charge in [-0.15, -0.1) is 0 Å². The topological polar surface area (TPSA) is 21.3 Å². The predicted octanol–water partition coefficient (Wildman–Crippen LogP) is 5.46. The molecule has 29 heavy (non-hydrogen) atoms. The summed E-state index contributed by atoms with van der Waals surface area (Å²) in [6, 6.07) is 10.8. The molecule has 1 aliphatic rings. The van der Waals surface area contributed by atoms with Crippen molar-refractivity contribution in [2.45, 2.75) is 37.8 Å². The zero-order valence-corrected chi connectivity index (χ0v) is 17.6. The Labute approximate surface area is 178 Å². The second-order valence-corrected chi connectivity index (χ2v) is 8.43. The number of ether oxygens (including phenoxy) is 1. The van der Waals surface area contributed by atoms with Crippen molar-refractivity contribution < 1.29 is 17.9 Å². The lowest BCUT2D eigenvalue weighted by Crippen LogP contribution is -2.62. The lowest BCUT2D eigenvalue weighted by atomic mass is 9.77. The second kappa shape index (κ2) is 7.64. The van der Waals surface area contributed by atoms with E-state index in [0.717, 1.165) is 6.07 Å². The van der Waals surface area contributed by atoms with Crippen molar-refractivity contribution in [1.82, 2.24) is 5.32 Å². The van der Waals surface area contributed by atoms with Crippen molar-refractivity contribution in [2.75, 3.05) is 6.61 Å². The third-order valence-electron chi connectivity index (χ3n) is 5.02. The van der Waals surface area contributed by atoms with Gasteiger partial charge in [0.05, 0.1) is 6.61 Å². The third-order valence-corrected chi connectivity index (χ3v) is 5.47. The highest BCUT2D eigenvalue weighted by Crippen LogP contribution is 2.48. The fourth-order valence-corrected chi connectivity index (χ4v) is 3.72. The van der Waals surface area contributed by atoms with Gasteiger partial charge >= 0.3 is 5.92 Å². The summed E-state index contributed by atoms with van der Waals surface area (Å²) in [6.45, 7) is 3.58. The molecule has 1 heterocycles. The molecule has 0 spiro atoms. The van der Waals surface area contributed by atoms with Crippen molar-refractivity contribution in [3.63, 3.8) is 0 Å². The monoisotopic (exact) mass is 437 g/mol. The summed E-state index contributed by atoms with van der Waals surface area (Å²) in [4.78, 5) is 0.0764. The highest BCUT2D eigenvalue weighted by Gasteiger charge is 2.64. The maximum Gasteiger partial charge on any atom is 0.302 e. The number of rotatable bonds is 1. The summed E-state index contributed by atoms with van der Waals surface area (Å²) in [6.07, 6.45) is 0. The van der Waals surface area contributed by atoms with Gasteiger partial charge in [-0.05, 0) is 57.2 Å². The zero-order valence-electron chi connectivity index (χ0n) is 16.1. The first kappa shape index (κ1) is 21.6. The van der Waals surface area contributed by atoms with Gasteiger partial charge in [0.25, 0.3) is 0 Å². The standard InChI is InChI=1S/C22H19ClF3NOS/c1-20(2)22(25,26)21(3,27-19(29)13-28-20)17-12-15(9-10-18(17)24)8-7-14-5-4-6-16(23)11-14/h4-6,9-12H,13H2,1-3H3,(H,27,29). The maximum atomic E-state index is 15.5. The molecular formula is C22H19ClF3NOS. The van der Waals surface area contributed by atoms with Crippen LogP contribution in [0.2, 0.25) is 5.02 Å². The first-order valence-corrected chi connectivity index (χ1v) is 9.65. The van der Waals surface area contributed by atoms with E-state index in [2.05, 4.69) is 17.2 Å². The van der Waals surface area contributed by atoms with Gasteiger partial charge < -0.3 is 10.1 Å². The van der Waals surface area contributed by atoms with E-state index in [1.807, 2.05) is 0 Å². The molecule has 0 amide bonds. The molecule has 0 radical (unpaired) electrons. The minimum atomic E-state index is -3.49. The Balaban J connectivity index is 2.10. The number of thiocarbonyl (C=S) groups is 1. The minimum absolute atomic E-state index is 0.0764. The first-order valence-electron chi connectivity index (χ1n) is 8.87. The number of benzene rings is 2. The molecule has 0 aliphatic carbocycles. The van der Waals surface area contributed by atoms with Gasteiger partial charge in [-0.25, -0.2) is 13.2 Å². The van der Waals surface area contributed by atoms with Crippen LogP contribution in [0, 0.1) is 17.7 Å². The molecule has 2 nitrogen and oxygen atoms in total. The van der Waals surface area contributed by atoms with E-state index in [9.17, 15) is 4.39 Å². The van der Waals surface area contributed by atoms with Gasteiger partial charge in [-0.3, -0.25) is 0 Å². The van der Waals surface area contributed by atoms with E-state index < -0.39 is 22.9 Å². The average Bonchev–Trinajstić information content (AvgIpc) is 2.70. The third kappa shape index (κ3) is 4.00. The Morgan fingerprint density at radius 1 is 1.07 bits per heavy atom. The van der Waals surface area contributed by atoms with Crippen molar-refractivity contribution >= 4 is 28.8 Å². The van der Waals surface area contributed by atoms with Crippen LogP contribution < -0.4 is 5.32 Å². The van der Waals surface area contributed by atoms with Crippen molar-refractivity contribution in [3.8, 4) is 11.8 Å². The van der Waals surface area contributed by atoms with Crippen molar-refractivity contribution in [1.29, 1.82) is 0 Å². The molecule has 1 unspecified atom stereocenters. The lowest BCUT2D eigenvalue weighted by Gasteiger charge is -2.44. The van der Waals surface area contributed by atoms with Gasteiger partial charge in [0.2, 0.25) is 0 Å². The molecule has 152 valence electrons. The summed E-state index contributed by atoms with van der Waals surface area (Å²) in [5, 5.41) is 3.15. The Bertz CT molecular complexity index is 1030. The summed E-state index contributed by atoms with van der Waals surface area (Å²) in [5.74, 6) is 1.51. The van der Waals surface area contributed by atoms with Crippen LogP contribution in [-0.2, 0) is 10.3 Å². The number of hydrogen-bond donors (Lipinski definition) is 1. The summed E-state index contributed by atoms with van der Waals surface area (Å²) < 4.78 is 51.0. The molecule has 1 aliphatic heterocycles. The maximum absolute atomic E-state index is 15.5. The van der Waals surface area contributed by atoms with E-state index >= 15 is 8.78 Å². The van der Waals surface area contributed by atoms with E-state index in [1.54, 1.807) is 24.3 Å². The van der Waals surface area contributed by atoms with Crippen molar-refractivity contribution in [3.05, 3.63) is 70.0 Å². The zero-order chi connectivity index (χ0) is 21.4. The molecular weight excluding hydrogens is 419 g/mol. The Kier molecular flexibility index (Phi) is 5.70. The van der Waals surface area contributed by atoms with Gasteiger partial charge in [0.15, 0.2) is 0 Å². The SMILES string of the molecule is CC1(C)OCC(=S)NC(C)(c2cc(C#Cc3cccc(Cl)c3)ccc2F)C1(F)F. The quantitative estimate of drug-likeness (QED) is 0.473. The van der Waals surface area contributed by atoms with Crippen LogP contribution in [0.3, 0.4) is 0 Å². The Morgan fingerprint density at radius 2 is 1.72 bits per heavy atom. The molecule has 2 aromatic rings. The molecule has 0 saturated carbocycles. The summed E-state index contributed by atoms with van der Waals surface area (Å²) >= 11 is 11.1. The van der Waals surface area contributed by atoms with E-state index in [4.69, 9.17) is 28.6 Å². The van der Waals surface area contributed by atoms with Crippen LogP contribution in [0.4, 0.5) is 13.2 Å². The van der Waals surface area contributed by atoms with E-state index in [-0.39, 0.29) is 17.2 Å². The van der Waals surface area contributed by atoms with Gasteiger partial charge in [0, 0.05) is 21.7 Å². The fourth-order valence-electron chi connectivity index (χ4n) is 3.27. The molecule has 7 heteroatoms. The van der Waals surface area contributed by atoms with E-state index in [1.165, 1.54) is 32.9 Å². The molecule has 2 aromatic carbocycles. The van der Waals surface area contributed by atoms with Gasteiger partial charge in [-0.2, -0.15) is 0 Å². The number of halogens is 4. The van der Waals surface area contributed by atoms with Crippen LogP contribution in [0.5, 0.6) is 0 Å². The summed E-state index contributed by atoms with van der Waals surface area (Å²) in [7, 11) is 0. The molecule has 0 bridgehead atoms. The molecule has 1 fully saturated rings. The predicted molar refractivity (Wildman–Crippen MR) is 112 cm³/mol. The molecule has 1 saturated heterocycles. The second-order valence-electron chi connectivity index (χ2n) is 7.50. The number of hydrogen-bond acceptors (Lipinski definition) is 2. The molecule has 1 N–H and O–H groups in total. The number of alkyl halides is 2. The van der Waals surface area contributed by atoms with Gasteiger partial charge in [0.1, 0.15) is 21.9 Å². The Hall–Kier alpha value is -2.07. The van der Waals surface area contributed by atoms with Crippen LogP contribution >= 0.6 is 23.8 Å². The normalized spacial score (nSPS) is 22.8. The lowest BCUT2D eigenvalue weighted by molar-refractivity contribution is -0.216. The minimum Gasteiger partial charge on any atom is -0.363 e. The van der Waals surface area contributed by atoms with Crippen LogP contribution in [0.25, 0.3) is 0 Å². The highest BCUT2D eigenvalue weighted by atomic mass is 35.5.